The molecule has 10 heteroatoms. The monoisotopic (exact) mass is 566 g/mol. The normalized spacial score (nSPS) is 26.2. The number of thioether (sulfide) groups is 1. The molecule has 1 heterocycles. The molecule has 6 amide bonds. The largest absolute Gasteiger partial charge is 0.342 e. The van der Waals surface area contributed by atoms with Crippen LogP contribution < -0.4 is 0 Å². The van der Waals surface area contributed by atoms with Gasteiger partial charge in [0.15, 0.2) is 0 Å². The lowest BCUT2D eigenvalue weighted by Crippen LogP contribution is -2.63. The van der Waals surface area contributed by atoms with E-state index in [0.29, 0.717) is 49.3 Å². The standard InChI is InChI=1S/C25H38N4O5S.2C2H6/c1-7-13-26(4)20(31)19(17(3)35-8-2)21(32)29(16-30)18-9-11-24(12-10-18)14-25(15-24)22(33)27(5)23(34)28(25)6;2*1-2/h16,18H,7-15H2,1-6H3;2*1-2H3/b19-17+;;. The van der Waals surface area contributed by atoms with Gasteiger partial charge in [-0.1, -0.05) is 41.5 Å². The summed E-state index contributed by atoms with van der Waals surface area (Å²) < 4.78 is 0. The first-order chi connectivity index (χ1) is 18.5. The van der Waals surface area contributed by atoms with Crippen molar-refractivity contribution >= 4 is 41.9 Å². The average molecular weight is 567 g/mol. The smallest absolute Gasteiger partial charge is 0.327 e. The van der Waals surface area contributed by atoms with E-state index in [1.165, 1.54) is 33.5 Å². The topological polar surface area (TPSA) is 98.3 Å². The third-order valence-electron chi connectivity index (χ3n) is 8.06. The Kier molecular flexibility index (Phi) is 13.2. The van der Waals surface area contributed by atoms with Gasteiger partial charge < -0.3 is 9.80 Å². The first-order valence-corrected chi connectivity index (χ1v) is 15.4. The Morgan fingerprint density at radius 3 is 1.97 bits per heavy atom. The fourth-order valence-electron chi connectivity index (χ4n) is 6.11. The highest BCUT2D eigenvalue weighted by Gasteiger charge is 2.67. The number of nitrogens with zero attached hydrogens (tertiary/aromatic N) is 4. The lowest BCUT2D eigenvalue weighted by atomic mass is 9.51. The van der Waals surface area contributed by atoms with Gasteiger partial charge in [0, 0.05) is 38.6 Å². The molecule has 3 rings (SSSR count). The van der Waals surface area contributed by atoms with Gasteiger partial charge in [0.25, 0.3) is 17.7 Å². The fraction of sp³-hybridized carbons (Fsp3) is 0.759. The second-order valence-electron chi connectivity index (χ2n) is 10.2. The lowest BCUT2D eigenvalue weighted by molar-refractivity contribution is -0.150. The van der Waals surface area contributed by atoms with Crippen molar-refractivity contribution in [1.82, 2.24) is 19.6 Å². The maximum Gasteiger partial charge on any atom is 0.327 e. The molecule has 2 aliphatic carbocycles. The second kappa shape index (κ2) is 14.9. The molecule has 2 spiro atoms. The predicted molar refractivity (Wildman–Crippen MR) is 157 cm³/mol. The molecule has 0 radical (unpaired) electrons. The predicted octanol–water partition coefficient (Wildman–Crippen LogP) is 4.90. The summed E-state index contributed by atoms with van der Waals surface area (Å²) in [5.41, 5.74) is -0.741. The maximum atomic E-state index is 13.5. The Balaban J connectivity index is 0.00000181. The maximum absolute atomic E-state index is 13.5. The van der Waals surface area contributed by atoms with Crippen LogP contribution in [0.2, 0.25) is 0 Å². The fourth-order valence-corrected chi connectivity index (χ4v) is 6.86. The van der Waals surface area contributed by atoms with Crippen molar-refractivity contribution < 1.29 is 24.0 Å². The number of rotatable bonds is 8. The minimum Gasteiger partial charge on any atom is -0.342 e. The number of urea groups is 1. The summed E-state index contributed by atoms with van der Waals surface area (Å²) in [4.78, 5) is 69.9. The number of hydrogen-bond donors (Lipinski definition) is 0. The van der Waals surface area contributed by atoms with Gasteiger partial charge in [-0.2, -0.15) is 0 Å². The summed E-state index contributed by atoms with van der Waals surface area (Å²) >= 11 is 1.43. The van der Waals surface area contributed by atoms with Gasteiger partial charge in [-0.15, -0.1) is 11.8 Å². The van der Waals surface area contributed by atoms with Gasteiger partial charge in [0.05, 0.1) is 0 Å². The highest BCUT2D eigenvalue weighted by Crippen LogP contribution is 2.60. The van der Waals surface area contributed by atoms with Crippen LogP contribution in [0, 0.1) is 5.41 Å². The van der Waals surface area contributed by atoms with Gasteiger partial charge in [-0.05, 0) is 63.0 Å². The molecular formula is C29H50N4O5S. The van der Waals surface area contributed by atoms with Crippen LogP contribution in [-0.4, -0.2) is 94.8 Å². The van der Waals surface area contributed by atoms with Crippen LogP contribution in [0.25, 0.3) is 0 Å². The summed E-state index contributed by atoms with van der Waals surface area (Å²) in [6.07, 6.45) is 5.33. The van der Waals surface area contributed by atoms with E-state index in [1.54, 1.807) is 25.9 Å². The van der Waals surface area contributed by atoms with E-state index in [1.807, 2.05) is 41.5 Å². The number of amides is 6. The van der Waals surface area contributed by atoms with Crippen LogP contribution in [0.15, 0.2) is 10.5 Å². The number of allylic oxidation sites excluding steroid dienone is 1. The first kappa shape index (κ1) is 34.7. The van der Waals surface area contributed by atoms with E-state index < -0.39 is 11.4 Å². The molecule has 222 valence electrons. The minimum atomic E-state index is -0.750. The molecule has 1 aliphatic heterocycles. The van der Waals surface area contributed by atoms with Crippen LogP contribution in [0.1, 0.15) is 93.4 Å². The zero-order valence-electron chi connectivity index (χ0n) is 25.8. The van der Waals surface area contributed by atoms with Crippen molar-refractivity contribution in [3.63, 3.8) is 0 Å². The molecule has 0 aromatic carbocycles. The van der Waals surface area contributed by atoms with Gasteiger partial charge in [0.2, 0.25) is 6.41 Å². The molecule has 0 unspecified atom stereocenters. The van der Waals surface area contributed by atoms with Crippen LogP contribution in [0.4, 0.5) is 4.79 Å². The van der Waals surface area contributed by atoms with Crippen molar-refractivity contribution in [2.45, 2.75) is 105 Å². The van der Waals surface area contributed by atoms with Crippen LogP contribution >= 0.6 is 11.8 Å². The van der Waals surface area contributed by atoms with Crippen molar-refractivity contribution in [2.24, 2.45) is 5.41 Å². The van der Waals surface area contributed by atoms with E-state index in [2.05, 4.69) is 0 Å². The molecule has 3 fully saturated rings. The molecule has 3 aliphatic rings. The van der Waals surface area contributed by atoms with Gasteiger partial charge in [-0.25, -0.2) is 4.79 Å². The molecule has 39 heavy (non-hydrogen) atoms. The molecule has 0 N–H and O–H groups in total. The Hall–Kier alpha value is -2.36. The average Bonchev–Trinajstić information content (AvgIpc) is 3.08. The van der Waals surface area contributed by atoms with Crippen molar-refractivity contribution in [3.05, 3.63) is 10.5 Å². The van der Waals surface area contributed by atoms with Gasteiger partial charge in [-0.3, -0.25) is 29.0 Å². The van der Waals surface area contributed by atoms with E-state index in [4.69, 9.17) is 0 Å². The van der Waals surface area contributed by atoms with Gasteiger partial charge >= 0.3 is 6.03 Å². The first-order valence-electron chi connectivity index (χ1n) is 14.4. The minimum absolute atomic E-state index is 0.0622. The molecule has 0 aromatic rings. The van der Waals surface area contributed by atoms with Crippen molar-refractivity contribution in [1.29, 1.82) is 0 Å². The number of imide groups is 2. The molecule has 2 saturated carbocycles. The third kappa shape index (κ3) is 6.69. The number of carbonyl (C=O) groups excluding carboxylic acids is 5. The summed E-state index contributed by atoms with van der Waals surface area (Å²) in [6, 6.07) is -0.559. The molecule has 0 aromatic heterocycles. The van der Waals surface area contributed by atoms with Gasteiger partial charge in [0.1, 0.15) is 11.1 Å². The van der Waals surface area contributed by atoms with Crippen LogP contribution in [0.3, 0.4) is 0 Å². The Morgan fingerprint density at radius 1 is 1.03 bits per heavy atom. The third-order valence-corrected chi connectivity index (χ3v) is 8.98. The molecular weight excluding hydrogens is 516 g/mol. The Bertz CT molecular complexity index is 934. The highest BCUT2D eigenvalue weighted by molar-refractivity contribution is 8.03. The molecule has 9 nitrogen and oxygen atoms in total. The summed E-state index contributed by atoms with van der Waals surface area (Å²) in [6.45, 7) is 14.2. The SMILES string of the molecule is CC.CC.CCCN(C)C(=O)/C(C(=O)N(C=O)C1CCC2(CC1)CC1(C2)C(=O)N(C)C(=O)N1C)=C(/C)SCC. The summed E-state index contributed by atoms with van der Waals surface area (Å²) in [7, 11) is 4.88. The van der Waals surface area contributed by atoms with Crippen LogP contribution in [-0.2, 0) is 19.2 Å². The van der Waals surface area contributed by atoms with E-state index in [9.17, 15) is 24.0 Å². The highest BCUT2D eigenvalue weighted by atomic mass is 32.2. The molecule has 0 bridgehead atoms. The zero-order chi connectivity index (χ0) is 30.1. The number of hydrogen-bond acceptors (Lipinski definition) is 6. The van der Waals surface area contributed by atoms with Crippen molar-refractivity contribution in [3.8, 4) is 0 Å². The quantitative estimate of drug-likeness (QED) is 0.136. The Morgan fingerprint density at radius 2 is 1.56 bits per heavy atom. The number of likely N-dealkylation sites (N-methyl/N-ethyl adjacent to an activating group) is 3. The summed E-state index contributed by atoms with van der Waals surface area (Å²) in [5, 5.41) is 0. The van der Waals surface area contributed by atoms with E-state index >= 15 is 0 Å². The molecule has 1 saturated heterocycles. The zero-order valence-corrected chi connectivity index (χ0v) is 26.6. The second-order valence-corrected chi connectivity index (χ2v) is 11.7. The lowest BCUT2D eigenvalue weighted by Gasteiger charge is -2.58. The van der Waals surface area contributed by atoms with Crippen molar-refractivity contribution in [2.75, 3.05) is 33.4 Å². The molecule has 0 atom stereocenters. The summed E-state index contributed by atoms with van der Waals surface area (Å²) in [5.74, 6) is -0.314. The number of carbonyl (C=O) groups is 5. The Labute approximate surface area is 239 Å². The van der Waals surface area contributed by atoms with E-state index in [-0.39, 0.29) is 34.9 Å². The van der Waals surface area contributed by atoms with Crippen LogP contribution in [0.5, 0.6) is 0 Å². The van der Waals surface area contributed by atoms with E-state index in [0.717, 1.165) is 19.3 Å².